The fraction of sp³-hybridized carbons (Fsp3) is 0.333. The molecule has 0 saturated carbocycles. The van der Waals surface area contributed by atoms with Crippen LogP contribution in [-0.2, 0) is 0 Å². The van der Waals surface area contributed by atoms with E-state index in [-0.39, 0.29) is 0 Å². The van der Waals surface area contributed by atoms with Crippen molar-refractivity contribution >= 4 is 22.0 Å². The molecule has 94 valence electrons. The molecule has 1 aromatic carbocycles. The Balaban J connectivity index is 2.55. The molecule has 0 N–H and O–H groups in total. The van der Waals surface area contributed by atoms with E-state index in [1.54, 1.807) is 7.11 Å². The molecule has 0 aliphatic heterocycles. The second-order valence-corrected chi connectivity index (χ2v) is 19.6. The monoisotopic (exact) mass is 352 g/mol. The van der Waals surface area contributed by atoms with Crippen molar-refractivity contribution in [1.29, 1.82) is 0 Å². The molecular weight excluding hydrogens is 335 g/mol. The van der Waals surface area contributed by atoms with Gasteiger partial charge in [0.05, 0.1) is 0 Å². The third kappa shape index (κ3) is 2.95. The van der Waals surface area contributed by atoms with Crippen molar-refractivity contribution in [2.75, 3.05) is 7.11 Å². The molecule has 0 amide bonds. The second-order valence-electron chi connectivity index (χ2n) is 5.07. The van der Waals surface area contributed by atoms with Crippen LogP contribution in [0, 0.1) is 0 Å². The van der Waals surface area contributed by atoms with Crippen LogP contribution < -0.4 is 8.32 Å². The van der Waals surface area contributed by atoms with Crippen LogP contribution in [0.5, 0.6) is 5.75 Å². The summed E-state index contributed by atoms with van der Waals surface area (Å²) in [6, 6.07) is 6.17. The fourth-order valence-electron chi connectivity index (χ4n) is 1.60. The Bertz CT molecular complexity index is 540. The summed E-state index contributed by atoms with van der Waals surface area (Å²) < 4.78 is 6.72. The summed E-state index contributed by atoms with van der Waals surface area (Å²) in [5.41, 5.74) is 0.913. The van der Waals surface area contributed by atoms with Crippen molar-refractivity contribution in [2.24, 2.45) is 0 Å². The maximum atomic E-state index is 5.35. The number of ether oxygens (including phenoxy) is 1. The van der Waals surface area contributed by atoms with Gasteiger partial charge in [-0.05, 0) is 0 Å². The van der Waals surface area contributed by atoms with E-state index in [9.17, 15) is 0 Å². The molecule has 5 nitrogen and oxygen atoms in total. The van der Waals surface area contributed by atoms with Gasteiger partial charge in [-0.1, -0.05) is 0 Å². The third-order valence-corrected chi connectivity index (χ3v) is 8.44. The van der Waals surface area contributed by atoms with Crippen molar-refractivity contribution in [3.05, 3.63) is 24.5 Å². The molecule has 1 heterocycles. The minimum absolute atomic E-state index is 0.535. The number of aromatic nitrogens is 4. The minimum atomic E-state index is -2.16. The molecule has 0 aliphatic rings. The molecule has 2 aromatic rings. The first-order valence-corrected chi connectivity index (χ1v) is 15.7. The fourth-order valence-corrected chi connectivity index (χ4v) is 4.92. The number of hydrogen-bond acceptors (Lipinski definition) is 5. The van der Waals surface area contributed by atoms with Crippen molar-refractivity contribution in [1.82, 2.24) is 20.4 Å². The molecule has 1 aromatic heterocycles. The molecular formula is C12H16N4OSn. The normalized spacial score (nSPS) is 11.3. The Hall–Kier alpha value is -1.24. The van der Waals surface area contributed by atoms with Crippen molar-refractivity contribution in [3.8, 4) is 17.1 Å². The first-order chi connectivity index (χ1) is 8.50. The molecule has 18 heavy (non-hydrogen) atoms. The van der Waals surface area contributed by atoms with Crippen LogP contribution in [0.2, 0.25) is 14.8 Å². The van der Waals surface area contributed by atoms with E-state index >= 15 is 0 Å². The molecule has 0 bridgehead atoms. The zero-order valence-electron chi connectivity index (χ0n) is 11.0. The van der Waals surface area contributed by atoms with Crippen LogP contribution in [0.3, 0.4) is 0 Å². The molecule has 0 unspecified atom stereocenters. The zero-order chi connectivity index (χ0) is 13.2. The summed E-state index contributed by atoms with van der Waals surface area (Å²) in [6.45, 7) is 0. The number of hydrogen-bond donors (Lipinski definition) is 0. The van der Waals surface area contributed by atoms with Crippen LogP contribution in [0.15, 0.2) is 24.5 Å². The van der Waals surface area contributed by atoms with E-state index < -0.39 is 18.4 Å². The van der Waals surface area contributed by atoms with Gasteiger partial charge in [0, 0.05) is 0 Å². The summed E-state index contributed by atoms with van der Waals surface area (Å²) >= 11 is -2.16. The van der Waals surface area contributed by atoms with Gasteiger partial charge in [-0.3, -0.25) is 0 Å². The van der Waals surface area contributed by atoms with Crippen LogP contribution >= 0.6 is 0 Å². The van der Waals surface area contributed by atoms with Gasteiger partial charge in [0.1, 0.15) is 0 Å². The van der Waals surface area contributed by atoms with Gasteiger partial charge in [-0.25, -0.2) is 0 Å². The number of rotatable bonds is 3. The van der Waals surface area contributed by atoms with Gasteiger partial charge in [-0.15, -0.1) is 0 Å². The van der Waals surface area contributed by atoms with Crippen LogP contribution in [0.1, 0.15) is 0 Å². The van der Waals surface area contributed by atoms with E-state index in [1.807, 2.05) is 6.07 Å². The van der Waals surface area contributed by atoms with Crippen molar-refractivity contribution < 1.29 is 4.74 Å². The van der Waals surface area contributed by atoms with Gasteiger partial charge in [0.15, 0.2) is 0 Å². The molecule has 0 aliphatic carbocycles. The molecule has 0 radical (unpaired) electrons. The SMILES string of the molecule is COc1cc(-c2nncnn2)c[c]([Sn]([CH3])([CH3])[CH3])c1. The summed E-state index contributed by atoms with van der Waals surface area (Å²) in [7, 11) is 1.67. The van der Waals surface area contributed by atoms with E-state index in [0.29, 0.717) is 5.82 Å². The van der Waals surface area contributed by atoms with E-state index in [0.717, 1.165) is 11.3 Å². The van der Waals surface area contributed by atoms with Gasteiger partial charge >= 0.3 is 111 Å². The topological polar surface area (TPSA) is 60.8 Å². The number of benzene rings is 1. The summed E-state index contributed by atoms with van der Waals surface area (Å²) in [6.07, 6.45) is 1.33. The Labute approximate surface area is 110 Å². The van der Waals surface area contributed by atoms with Gasteiger partial charge in [-0.2, -0.15) is 0 Å². The number of nitrogens with zero attached hydrogens (tertiary/aromatic N) is 4. The van der Waals surface area contributed by atoms with Crippen LogP contribution in [-0.4, -0.2) is 45.9 Å². The average Bonchev–Trinajstić information content (AvgIpc) is 2.38. The average molecular weight is 351 g/mol. The predicted molar refractivity (Wildman–Crippen MR) is 72.6 cm³/mol. The first-order valence-electron chi connectivity index (χ1n) is 5.71. The Morgan fingerprint density at radius 2 is 1.67 bits per heavy atom. The van der Waals surface area contributed by atoms with E-state index in [4.69, 9.17) is 4.74 Å². The first kappa shape index (κ1) is 13.2. The molecule has 0 spiro atoms. The molecule has 6 heteroatoms. The van der Waals surface area contributed by atoms with Gasteiger partial charge < -0.3 is 0 Å². The van der Waals surface area contributed by atoms with Gasteiger partial charge in [0.2, 0.25) is 0 Å². The summed E-state index contributed by atoms with van der Waals surface area (Å²) in [5.74, 6) is 1.37. The maximum absolute atomic E-state index is 5.35. The standard InChI is InChI=1S/C9H7N4O.3CH3.Sn/c1-14-8-4-2-3-7(5-8)9-12-10-6-11-13-9;;;;/h3-6H,1H3;3*1H3;. The van der Waals surface area contributed by atoms with Crippen molar-refractivity contribution in [2.45, 2.75) is 14.8 Å². The van der Waals surface area contributed by atoms with E-state index in [2.05, 4.69) is 47.3 Å². The summed E-state index contributed by atoms with van der Waals surface area (Å²) in [5, 5.41) is 15.5. The predicted octanol–water partition coefficient (Wildman–Crippen LogP) is 1.49. The van der Waals surface area contributed by atoms with E-state index in [1.165, 1.54) is 9.91 Å². The van der Waals surface area contributed by atoms with Crippen LogP contribution in [0.4, 0.5) is 0 Å². The second kappa shape index (κ2) is 5.17. The number of methoxy groups -OCH3 is 1. The molecule has 2 rings (SSSR count). The quantitative estimate of drug-likeness (QED) is 0.785. The third-order valence-electron chi connectivity index (χ3n) is 2.67. The molecule has 0 atom stereocenters. The van der Waals surface area contributed by atoms with Crippen molar-refractivity contribution in [3.63, 3.8) is 0 Å². The Morgan fingerprint density at radius 3 is 2.22 bits per heavy atom. The molecule has 0 fully saturated rings. The van der Waals surface area contributed by atoms with Gasteiger partial charge in [0.25, 0.3) is 0 Å². The Kier molecular flexibility index (Phi) is 3.79. The van der Waals surface area contributed by atoms with Crippen LogP contribution in [0.25, 0.3) is 11.4 Å². The summed E-state index contributed by atoms with van der Waals surface area (Å²) in [4.78, 5) is 7.07. The Morgan fingerprint density at radius 1 is 1.00 bits per heavy atom. The zero-order valence-corrected chi connectivity index (χ0v) is 13.9. The molecule has 0 saturated heterocycles.